The van der Waals surface area contributed by atoms with E-state index in [2.05, 4.69) is 4.98 Å². The van der Waals surface area contributed by atoms with Crippen molar-refractivity contribution in [2.75, 3.05) is 13.9 Å². The number of benzene rings is 1. The Balaban J connectivity index is 2.54. The SMILES string of the molecule is COc1ccnc2c1c(O)c(-c1c(Cl)ccc(Cl)c1OCO)c(=O)n2CC(F)F. The lowest BCUT2D eigenvalue weighted by Crippen LogP contribution is -2.26. The Bertz CT molecular complexity index is 1140. The quantitative estimate of drug-likeness (QED) is 0.561. The van der Waals surface area contributed by atoms with Gasteiger partial charge in [0.15, 0.2) is 12.5 Å². The fraction of sp³-hybridized carbons (Fsp3) is 0.222. The first kappa shape index (κ1) is 21.1. The average Bonchev–Trinajstić information content (AvgIpc) is 2.69. The Labute approximate surface area is 172 Å². The molecule has 1 aromatic carbocycles. The third-order valence-corrected chi connectivity index (χ3v) is 4.75. The van der Waals surface area contributed by atoms with Gasteiger partial charge in [0.1, 0.15) is 22.5 Å². The van der Waals surface area contributed by atoms with Crippen molar-refractivity contribution in [1.29, 1.82) is 0 Å². The number of aliphatic hydroxyl groups excluding tert-OH is 1. The van der Waals surface area contributed by atoms with E-state index in [4.69, 9.17) is 32.7 Å². The standard InChI is InChI=1S/C18H14Cl2F2N2O5/c1-28-10-4-5-23-17-13(10)15(26)14(18(27)24(17)6-11(21)22)12-8(19)2-3-9(20)16(12)29-7-25/h2-5,11,25-26H,6-7H2,1H3. The molecular weight excluding hydrogens is 433 g/mol. The van der Waals surface area contributed by atoms with Gasteiger partial charge in [-0.15, -0.1) is 0 Å². The van der Waals surface area contributed by atoms with Gasteiger partial charge >= 0.3 is 0 Å². The molecule has 0 aliphatic heterocycles. The Morgan fingerprint density at radius 1 is 1.21 bits per heavy atom. The van der Waals surface area contributed by atoms with Crippen LogP contribution in [-0.4, -0.2) is 40.1 Å². The highest BCUT2D eigenvalue weighted by molar-refractivity contribution is 6.37. The predicted molar refractivity (Wildman–Crippen MR) is 103 cm³/mol. The van der Waals surface area contributed by atoms with E-state index >= 15 is 0 Å². The molecule has 0 unspecified atom stereocenters. The molecule has 7 nitrogen and oxygen atoms in total. The van der Waals surface area contributed by atoms with Gasteiger partial charge in [-0.3, -0.25) is 9.36 Å². The van der Waals surface area contributed by atoms with E-state index in [9.17, 15) is 23.8 Å². The van der Waals surface area contributed by atoms with Gasteiger partial charge in [-0.05, 0) is 18.2 Å². The van der Waals surface area contributed by atoms with Crippen molar-refractivity contribution in [1.82, 2.24) is 9.55 Å². The van der Waals surface area contributed by atoms with E-state index in [1.165, 1.54) is 31.5 Å². The molecule has 154 valence electrons. The Hall–Kier alpha value is -2.62. The number of rotatable bonds is 6. The number of alkyl halides is 2. The summed E-state index contributed by atoms with van der Waals surface area (Å²) in [4.78, 5) is 17.1. The van der Waals surface area contributed by atoms with E-state index in [0.29, 0.717) is 4.57 Å². The molecule has 0 saturated heterocycles. The van der Waals surface area contributed by atoms with E-state index in [-0.39, 0.29) is 38.1 Å². The van der Waals surface area contributed by atoms with Gasteiger partial charge in [0.25, 0.3) is 12.0 Å². The summed E-state index contributed by atoms with van der Waals surface area (Å²) in [7, 11) is 1.31. The van der Waals surface area contributed by atoms with E-state index in [1.807, 2.05) is 0 Å². The maximum Gasteiger partial charge on any atom is 0.264 e. The van der Waals surface area contributed by atoms with Crippen LogP contribution in [0.25, 0.3) is 22.2 Å². The first-order valence-corrected chi connectivity index (χ1v) is 8.86. The third-order valence-electron chi connectivity index (χ3n) is 4.14. The summed E-state index contributed by atoms with van der Waals surface area (Å²) in [5.74, 6) is -0.702. The molecule has 0 radical (unpaired) electrons. The topological polar surface area (TPSA) is 93.8 Å². The van der Waals surface area contributed by atoms with Gasteiger partial charge in [-0.25, -0.2) is 13.8 Å². The lowest BCUT2D eigenvalue weighted by Gasteiger charge is -2.18. The fourth-order valence-electron chi connectivity index (χ4n) is 2.99. The number of aliphatic hydroxyl groups is 1. The summed E-state index contributed by atoms with van der Waals surface area (Å²) >= 11 is 12.3. The zero-order valence-electron chi connectivity index (χ0n) is 14.8. The Morgan fingerprint density at radius 3 is 2.52 bits per heavy atom. The van der Waals surface area contributed by atoms with Crippen LogP contribution in [0.1, 0.15) is 0 Å². The van der Waals surface area contributed by atoms with Crippen LogP contribution in [-0.2, 0) is 6.54 Å². The number of pyridine rings is 2. The third kappa shape index (κ3) is 3.68. The van der Waals surface area contributed by atoms with Crippen LogP contribution in [0.5, 0.6) is 17.2 Å². The second kappa shape index (κ2) is 8.40. The molecule has 0 atom stereocenters. The smallest absolute Gasteiger partial charge is 0.264 e. The average molecular weight is 447 g/mol. The number of fused-ring (bicyclic) bond motifs is 1. The molecule has 0 bridgehead atoms. The maximum absolute atomic E-state index is 13.2. The number of halogens is 4. The van der Waals surface area contributed by atoms with E-state index < -0.39 is 36.6 Å². The highest BCUT2D eigenvalue weighted by Gasteiger charge is 2.27. The number of hydrogen-bond acceptors (Lipinski definition) is 6. The number of hydrogen-bond donors (Lipinski definition) is 2. The van der Waals surface area contributed by atoms with E-state index in [1.54, 1.807) is 0 Å². The molecule has 2 N–H and O–H groups in total. The first-order chi connectivity index (χ1) is 13.8. The zero-order valence-corrected chi connectivity index (χ0v) is 16.3. The second-order valence-corrected chi connectivity index (χ2v) is 6.56. The van der Waals surface area contributed by atoms with Crippen molar-refractivity contribution in [3.8, 4) is 28.4 Å². The minimum Gasteiger partial charge on any atom is -0.506 e. The van der Waals surface area contributed by atoms with Gasteiger partial charge in [0, 0.05) is 6.20 Å². The minimum atomic E-state index is -2.88. The lowest BCUT2D eigenvalue weighted by molar-refractivity contribution is 0.0991. The summed E-state index contributed by atoms with van der Waals surface area (Å²) in [6.07, 6.45) is -1.63. The number of aromatic nitrogens is 2. The van der Waals surface area contributed by atoms with Crippen molar-refractivity contribution in [3.63, 3.8) is 0 Å². The molecule has 0 fully saturated rings. The molecule has 2 heterocycles. The van der Waals surface area contributed by atoms with Gasteiger partial charge in [-0.2, -0.15) is 0 Å². The highest BCUT2D eigenvalue weighted by atomic mass is 35.5. The summed E-state index contributed by atoms with van der Waals surface area (Å²) < 4.78 is 37.4. The van der Waals surface area contributed by atoms with Crippen molar-refractivity contribution >= 4 is 34.2 Å². The molecular formula is C18H14Cl2F2N2O5. The van der Waals surface area contributed by atoms with Crippen molar-refractivity contribution in [3.05, 3.63) is 44.8 Å². The van der Waals surface area contributed by atoms with Crippen LogP contribution in [0.3, 0.4) is 0 Å². The Kier molecular flexibility index (Phi) is 6.11. The monoisotopic (exact) mass is 446 g/mol. The molecule has 2 aromatic heterocycles. The maximum atomic E-state index is 13.2. The van der Waals surface area contributed by atoms with Crippen LogP contribution >= 0.6 is 23.2 Å². The largest absolute Gasteiger partial charge is 0.506 e. The number of ether oxygens (including phenoxy) is 2. The van der Waals surface area contributed by atoms with Gasteiger partial charge < -0.3 is 19.7 Å². The Morgan fingerprint density at radius 2 is 1.90 bits per heavy atom. The van der Waals surface area contributed by atoms with Gasteiger partial charge in [0.05, 0.1) is 34.8 Å². The molecule has 0 saturated carbocycles. The zero-order chi connectivity index (χ0) is 21.3. The minimum absolute atomic E-state index is 0.0177. The van der Waals surface area contributed by atoms with Gasteiger partial charge in [-0.1, -0.05) is 23.2 Å². The number of aromatic hydroxyl groups is 1. The molecule has 0 amide bonds. The fourth-order valence-corrected chi connectivity index (χ4v) is 3.45. The number of nitrogens with zero attached hydrogens (tertiary/aromatic N) is 2. The van der Waals surface area contributed by atoms with Crippen LogP contribution in [0, 0.1) is 0 Å². The summed E-state index contributed by atoms with van der Waals surface area (Å²) in [5, 5.41) is 19.9. The molecule has 11 heteroatoms. The number of methoxy groups -OCH3 is 1. The predicted octanol–water partition coefficient (Wildman–Crippen LogP) is 3.68. The molecule has 29 heavy (non-hydrogen) atoms. The van der Waals surface area contributed by atoms with Crippen molar-refractivity contribution in [2.24, 2.45) is 0 Å². The van der Waals surface area contributed by atoms with Crippen molar-refractivity contribution < 1.29 is 28.5 Å². The summed E-state index contributed by atoms with van der Waals surface area (Å²) in [5.41, 5.74) is -1.80. The van der Waals surface area contributed by atoms with Crippen LogP contribution < -0.4 is 15.0 Å². The summed E-state index contributed by atoms with van der Waals surface area (Å²) in [6.45, 7) is -1.80. The normalized spacial score (nSPS) is 11.3. The lowest BCUT2D eigenvalue weighted by atomic mass is 10.0. The molecule has 0 aliphatic rings. The summed E-state index contributed by atoms with van der Waals surface area (Å²) in [6, 6.07) is 4.09. The highest BCUT2D eigenvalue weighted by Crippen LogP contribution is 2.46. The van der Waals surface area contributed by atoms with Crippen molar-refractivity contribution in [2.45, 2.75) is 13.0 Å². The molecule has 3 rings (SSSR count). The van der Waals surface area contributed by atoms with Crippen LogP contribution in [0.2, 0.25) is 10.0 Å². The molecule has 3 aromatic rings. The molecule has 0 spiro atoms. The van der Waals surface area contributed by atoms with E-state index in [0.717, 1.165) is 0 Å². The molecule has 0 aliphatic carbocycles. The second-order valence-electron chi connectivity index (χ2n) is 5.75. The first-order valence-electron chi connectivity index (χ1n) is 8.10. The van der Waals surface area contributed by atoms with Crippen LogP contribution in [0.4, 0.5) is 8.78 Å². The van der Waals surface area contributed by atoms with Gasteiger partial charge in [0.2, 0.25) is 0 Å². The van der Waals surface area contributed by atoms with Crippen LogP contribution in [0.15, 0.2) is 29.2 Å².